The van der Waals surface area contributed by atoms with Gasteiger partial charge in [0.2, 0.25) is 10.0 Å². The molecule has 0 saturated carbocycles. The third-order valence-electron chi connectivity index (χ3n) is 2.42. The Morgan fingerprint density at radius 3 is 2.53 bits per heavy atom. The summed E-state index contributed by atoms with van der Waals surface area (Å²) < 4.78 is 22.2. The summed E-state index contributed by atoms with van der Waals surface area (Å²) in [5.41, 5.74) is 9.08. The molecule has 1 heterocycles. The third-order valence-corrected chi connectivity index (χ3v) is 3.35. The molecule has 1 aliphatic rings. The van der Waals surface area contributed by atoms with Crippen LogP contribution < -0.4 is 16.3 Å². The van der Waals surface area contributed by atoms with Crippen molar-refractivity contribution in [1.29, 1.82) is 0 Å². The van der Waals surface area contributed by atoms with E-state index in [0.29, 0.717) is 5.69 Å². The molecule has 0 saturated heterocycles. The van der Waals surface area contributed by atoms with E-state index in [1.54, 1.807) is 0 Å². The van der Waals surface area contributed by atoms with Gasteiger partial charge in [-0.05, 0) is 24.3 Å². The minimum absolute atomic E-state index is 0.00493. The lowest BCUT2D eigenvalue weighted by Crippen LogP contribution is -2.43. The Morgan fingerprint density at radius 1 is 1.32 bits per heavy atom. The highest BCUT2D eigenvalue weighted by atomic mass is 32.2. The first-order valence-corrected chi connectivity index (χ1v) is 6.77. The number of aliphatic imine (C=N–C) groups is 1. The van der Waals surface area contributed by atoms with Gasteiger partial charge in [0.05, 0.1) is 22.5 Å². The molecule has 1 atom stereocenters. The lowest BCUT2D eigenvalue weighted by Gasteiger charge is -2.28. The minimum Gasteiger partial charge on any atom is -0.397 e. The lowest BCUT2D eigenvalue weighted by molar-refractivity contribution is 0.102. The van der Waals surface area contributed by atoms with Crippen LogP contribution in [0.15, 0.2) is 46.1 Å². The average molecular weight is 283 g/mol. The van der Waals surface area contributed by atoms with Crippen molar-refractivity contribution in [2.75, 3.05) is 5.43 Å². The average Bonchev–Trinajstić information content (AvgIpc) is 2.35. The lowest BCUT2D eigenvalue weighted by atomic mass is 10.3. The number of hydrogen-bond acceptors (Lipinski definition) is 7. The van der Waals surface area contributed by atoms with Gasteiger partial charge in [0.25, 0.3) is 0 Å². The smallest absolute Gasteiger partial charge is 0.238 e. The first-order chi connectivity index (χ1) is 8.88. The van der Waals surface area contributed by atoms with E-state index >= 15 is 0 Å². The molecule has 2 rings (SSSR count). The molecule has 1 unspecified atom stereocenters. The first-order valence-electron chi connectivity index (χ1n) is 5.23. The summed E-state index contributed by atoms with van der Waals surface area (Å²) in [6.45, 7) is 0. The molecular weight excluding hydrogens is 270 g/mol. The van der Waals surface area contributed by atoms with Gasteiger partial charge in [-0.2, -0.15) is 0 Å². The van der Waals surface area contributed by atoms with E-state index in [4.69, 9.17) is 10.9 Å². The summed E-state index contributed by atoms with van der Waals surface area (Å²) >= 11 is 0. The highest BCUT2D eigenvalue weighted by Crippen LogP contribution is 2.15. The van der Waals surface area contributed by atoms with Crippen LogP contribution in [0.3, 0.4) is 0 Å². The van der Waals surface area contributed by atoms with E-state index < -0.39 is 16.3 Å². The molecule has 6 N–H and O–H groups in total. The predicted octanol–water partition coefficient (Wildman–Crippen LogP) is -0.877. The van der Waals surface area contributed by atoms with Crippen molar-refractivity contribution >= 4 is 22.0 Å². The van der Waals surface area contributed by atoms with Crippen LogP contribution in [0.5, 0.6) is 0 Å². The Balaban J connectivity index is 2.13. The Kier molecular flexibility index (Phi) is 3.42. The molecule has 102 valence electrons. The number of nitrogens with two attached hydrogens (primary N) is 2. The van der Waals surface area contributed by atoms with Crippen molar-refractivity contribution in [3.05, 3.63) is 36.2 Å². The number of benzene rings is 1. The molecule has 0 amide bonds. The highest BCUT2D eigenvalue weighted by Gasteiger charge is 2.18. The maximum atomic E-state index is 11.1. The fraction of sp³-hybridized carbons (Fsp3) is 0.100. The van der Waals surface area contributed by atoms with Crippen LogP contribution >= 0.6 is 0 Å². The monoisotopic (exact) mass is 283 g/mol. The number of aliphatic hydroxyl groups is 1. The normalized spacial score (nSPS) is 19.2. The van der Waals surface area contributed by atoms with Gasteiger partial charge in [0.1, 0.15) is 6.34 Å². The van der Waals surface area contributed by atoms with Crippen molar-refractivity contribution in [2.24, 2.45) is 15.9 Å². The second kappa shape index (κ2) is 4.88. The maximum Gasteiger partial charge on any atom is 0.238 e. The number of primary sulfonamides is 1. The molecule has 0 radical (unpaired) electrons. The fourth-order valence-electron chi connectivity index (χ4n) is 1.44. The Bertz CT molecular complexity index is 623. The Hall–Kier alpha value is -2.10. The zero-order valence-electron chi connectivity index (χ0n) is 9.76. The molecule has 1 aromatic rings. The summed E-state index contributed by atoms with van der Waals surface area (Å²) in [5.74, 6) is 0. The van der Waals surface area contributed by atoms with Crippen LogP contribution in [0.1, 0.15) is 0 Å². The number of aliphatic hydroxyl groups excluding tert-OH is 1. The SMILES string of the molecule is NC1=CN=CN(Nc2ccc(S(N)(=O)=O)cc2)C1O. The number of anilines is 1. The van der Waals surface area contributed by atoms with Gasteiger partial charge in [-0.25, -0.2) is 23.6 Å². The third kappa shape index (κ3) is 3.02. The summed E-state index contributed by atoms with van der Waals surface area (Å²) in [7, 11) is -3.72. The molecule has 19 heavy (non-hydrogen) atoms. The number of nitrogens with zero attached hydrogens (tertiary/aromatic N) is 2. The molecule has 1 aromatic carbocycles. The summed E-state index contributed by atoms with van der Waals surface area (Å²) in [4.78, 5) is 3.82. The van der Waals surface area contributed by atoms with Gasteiger partial charge < -0.3 is 10.8 Å². The second-order valence-electron chi connectivity index (χ2n) is 3.86. The molecule has 0 spiro atoms. The molecule has 9 heteroatoms. The zero-order chi connectivity index (χ0) is 14.0. The number of nitrogens with one attached hydrogen (secondary N) is 1. The molecule has 0 fully saturated rings. The van der Waals surface area contributed by atoms with Crippen LogP contribution in [0.25, 0.3) is 0 Å². The van der Waals surface area contributed by atoms with Crippen molar-refractivity contribution in [2.45, 2.75) is 11.1 Å². The van der Waals surface area contributed by atoms with Crippen molar-refractivity contribution in [3.8, 4) is 0 Å². The molecule has 1 aliphatic heterocycles. The Morgan fingerprint density at radius 2 is 1.95 bits per heavy atom. The largest absolute Gasteiger partial charge is 0.397 e. The first kappa shape index (κ1) is 13.3. The Labute approximate surface area is 110 Å². The topological polar surface area (TPSA) is 134 Å². The molecule has 8 nitrogen and oxygen atoms in total. The van der Waals surface area contributed by atoms with Crippen LogP contribution in [0.4, 0.5) is 5.69 Å². The van der Waals surface area contributed by atoms with E-state index in [0.717, 1.165) is 0 Å². The number of hydrazine groups is 1. The number of sulfonamides is 1. The van der Waals surface area contributed by atoms with Crippen LogP contribution in [0.2, 0.25) is 0 Å². The van der Waals surface area contributed by atoms with Crippen molar-refractivity contribution in [1.82, 2.24) is 5.01 Å². The standard InChI is InChI=1S/C10H13N5O3S/c11-9-5-13-6-15(10(9)16)14-7-1-3-8(4-2-7)19(12,17)18/h1-6,10,14,16H,11H2,(H2,12,17,18). The van der Waals surface area contributed by atoms with E-state index in [2.05, 4.69) is 10.4 Å². The predicted molar refractivity (Wildman–Crippen MR) is 70.0 cm³/mol. The van der Waals surface area contributed by atoms with Crippen LogP contribution in [-0.4, -0.2) is 31.1 Å². The fourth-order valence-corrected chi connectivity index (χ4v) is 1.96. The highest BCUT2D eigenvalue weighted by molar-refractivity contribution is 7.89. The van der Waals surface area contributed by atoms with E-state index in [1.807, 2.05) is 0 Å². The second-order valence-corrected chi connectivity index (χ2v) is 5.42. The number of rotatable bonds is 3. The van der Waals surface area contributed by atoms with Gasteiger partial charge in [-0.1, -0.05) is 0 Å². The van der Waals surface area contributed by atoms with E-state index in [9.17, 15) is 13.5 Å². The summed E-state index contributed by atoms with van der Waals surface area (Å²) in [6, 6.07) is 5.72. The minimum atomic E-state index is -3.72. The maximum absolute atomic E-state index is 11.1. The van der Waals surface area contributed by atoms with Gasteiger partial charge in [-0.3, -0.25) is 5.43 Å². The van der Waals surface area contributed by atoms with Gasteiger partial charge in [0.15, 0.2) is 6.23 Å². The van der Waals surface area contributed by atoms with Crippen LogP contribution in [0, 0.1) is 0 Å². The number of hydrogen-bond donors (Lipinski definition) is 4. The van der Waals surface area contributed by atoms with Gasteiger partial charge in [0, 0.05) is 0 Å². The van der Waals surface area contributed by atoms with Crippen molar-refractivity contribution < 1.29 is 13.5 Å². The van der Waals surface area contributed by atoms with Gasteiger partial charge >= 0.3 is 0 Å². The van der Waals surface area contributed by atoms with Crippen molar-refractivity contribution in [3.63, 3.8) is 0 Å². The van der Waals surface area contributed by atoms with Crippen LogP contribution in [-0.2, 0) is 10.0 Å². The molecule has 0 aliphatic carbocycles. The van der Waals surface area contributed by atoms with Gasteiger partial charge in [-0.15, -0.1) is 0 Å². The molecular formula is C10H13N5O3S. The summed E-state index contributed by atoms with van der Waals surface area (Å²) in [5, 5.41) is 16.0. The van der Waals surface area contributed by atoms with E-state index in [-0.39, 0.29) is 10.6 Å². The molecule has 0 bridgehead atoms. The molecule has 0 aromatic heterocycles. The quantitative estimate of drug-likeness (QED) is 0.569. The summed E-state index contributed by atoms with van der Waals surface area (Å²) in [6.07, 6.45) is 1.65. The zero-order valence-corrected chi connectivity index (χ0v) is 10.6. The van der Waals surface area contributed by atoms with E-state index in [1.165, 1.54) is 41.8 Å².